The number of carbonyl (C=O) groups is 1. The van der Waals surface area contributed by atoms with Crippen LogP contribution in [0.25, 0.3) is 0 Å². The van der Waals surface area contributed by atoms with E-state index < -0.39 is 16.9 Å². The van der Waals surface area contributed by atoms with E-state index >= 15 is 0 Å². The monoisotopic (exact) mass is 281 g/mol. The molecule has 0 aromatic heterocycles. The maximum Gasteiger partial charge on any atom is 0.296 e. The molecule has 1 aliphatic rings. The molecule has 0 aliphatic carbocycles. The highest BCUT2D eigenvalue weighted by atomic mass is 16.6. The molecule has 0 spiro atoms. The number of nitrogens with zero attached hydrogens (tertiary/aromatic N) is 1. The zero-order valence-electron chi connectivity index (χ0n) is 10.9. The number of ether oxygens (including phenoxy) is 2. The molecular formula is C12H15N3O5. The van der Waals surface area contributed by atoms with Gasteiger partial charge in [-0.25, -0.2) is 0 Å². The molecule has 0 saturated carbocycles. The fraction of sp³-hybridized carbons (Fsp3) is 0.417. The Hall–Kier alpha value is -2.35. The summed E-state index contributed by atoms with van der Waals surface area (Å²) in [4.78, 5) is 22.2. The van der Waals surface area contributed by atoms with Crippen LogP contribution in [0.4, 0.5) is 11.4 Å². The van der Waals surface area contributed by atoms with E-state index in [9.17, 15) is 14.9 Å². The number of hydrogen-bond acceptors (Lipinski definition) is 6. The zero-order chi connectivity index (χ0) is 14.7. The second-order valence-electron chi connectivity index (χ2n) is 4.27. The Bertz CT molecular complexity index is 546. The molecule has 0 saturated heterocycles. The quantitative estimate of drug-likeness (QED) is 0.629. The highest BCUT2D eigenvalue weighted by Crippen LogP contribution is 2.39. The molecule has 20 heavy (non-hydrogen) atoms. The molecule has 2 rings (SSSR count). The average Bonchev–Trinajstić information content (AvgIpc) is 2.45. The van der Waals surface area contributed by atoms with Crippen molar-refractivity contribution in [1.82, 2.24) is 0 Å². The highest BCUT2D eigenvalue weighted by Gasteiger charge is 2.24. The van der Waals surface area contributed by atoms with Crippen LogP contribution in [0.2, 0.25) is 0 Å². The summed E-state index contributed by atoms with van der Waals surface area (Å²) < 4.78 is 10.6. The first-order valence-electron chi connectivity index (χ1n) is 6.17. The standard InChI is InChI=1S/C12H15N3O5/c1-2-7(13)12(16)14-8-5-10-11(20-4-3-19-10)6-9(8)15(17)18/h5-7H,2-4,13H2,1H3,(H,14,16). The van der Waals surface area contributed by atoms with Crippen molar-refractivity contribution in [3.8, 4) is 11.5 Å². The van der Waals surface area contributed by atoms with Gasteiger partial charge >= 0.3 is 0 Å². The maximum atomic E-state index is 11.8. The lowest BCUT2D eigenvalue weighted by Gasteiger charge is -2.19. The van der Waals surface area contributed by atoms with Crippen molar-refractivity contribution in [2.24, 2.45) is 5.73 Å². The number of nitrogens with two attached hydrogens (primary N) is 1. The smallest absolute Gasteiger partial charge is 0.296 e. The highest BCUT2D eigenvalue weighted by molar-refractivity contribution is 5.97. The summed E-state index contributed by atoms with van der Waals surface area (Å²) in [7, 11) is 0. The van der Waals surface area contributed by atoms with Gasteiger partial charge in [0.25, 0.3) is 5.69 Å². The van der Waals surface area contributed by atoms with Crippen LogP contribution in [0.5, 0.6) is 11.5 Å². The van der Waals surface area contributed by atoms with Gasteiger partial charge < -0.3 is 20.5 Å². The summed E-state index contributed by atoms with van der Waals surface area (Å²) in [6.07, 6.45) is 0.435. The van der Waals surface area contributed by atoms with E-state index in [0.29, 0.717) is 31.1 Å². The number of nitrogens with one attached hydrogen (secondary N) is 1. The van der Waals surface area contributed by atoms with Crippen molar-refractivity contribution in [2.45, 2.75) is 19.4 Å². The lowest BCUT2D eigenvalue weighted by molar-refractivity contribution is -0.384. The van der Waals surface area contributed by atoms with Crippen molar-refractivity contribution in [3.05, 3.63) is 22.2 Å². The molecule has 1 aromatic rings. The van der Waals surface area contributed by atoms with Crippen molar-refractivity contribution in [3.63, 3.8) is 0 Å². The van der Waals surface area contributed by atoms with Crippen molar-refractivity contribution in [2.75, 3.05) is 18.5 Å². The van der Waals surface area contributed by atoms with Crippen LogP contribution >= 0.6 is 0 Å². The fourth-order valence-corrected chi connectivity index (χ4v) is 1.74. The minimum atomic E-state index is -0.720. The Kier molecular flexibility index (Phi) is 4.04. The number of nitro groups is 1. The number of fused-ring (bicyclic) bond motifs is 1. The van der Waals surface area contributed by atoms with E-state index in [4.69, 9.17) is 15.2 Å². The molecular weight excluding hydrogens is 266 g/mol. The Morgan fingerprint density at radius 1 is 1.45 bits per heavy atom. The summed E-state index contributed by atoms with van der Waals surface area (Å²) >= 11 is 0. The summed E-state index contributed by atoms with van der Waals surface area (Å²) in [6.45, 7) is 2.44. The predicted molar refractivity (Wildman–Crippen MR) is 71.0 cm³/mol. The van der Waals surface area contributed by atoms with Gasteiger partial charge in [0.15, 0.2) is 11.5 Å². The first kappa shape index (κ1) is 14.1. The van der Waals surface area contributed by atoms with E-state index in [1.165, 1.54) is 12.1 Å². The molecule has 1 heterocycles. The van der Waals surface area contributed by atoms with Crippen LogP contribution in [0.1, 0.15) is 13.3 Å². The van der Waals surface area contributed by atoms with E-state index in [-0.39, 0.29) is 11.4 Å². The number of benzene rings is 1. The Morgan fingerprint density at radius 2 is 2.05 bits per heavy atom. The van der Waals surface area contributed by atoms with Crippen LogP contribution < -0.4 is 20.5 Å². The molecule has 8 nitrogen and oxygen atoms in total. The zero-order valence-corrected chi connectivity index (χ0v) is 10.9. The van der Waals surface area contributed by atoms with Gasteiger partial charge in [-0.1, -0.05) is 6.92 Å². The van der Waals surface area contributed by atoms with Gasteiger partial charge in [-0.15, -0.1) is 0 Å². The minimum absolute atomic E-state index is 0.0492. The van der Waals surface area contributed by atoms with Crippen LogP contribution in [0, 0.1) is 10.1 Å². The summed E-state index contributed by atoms with van der Waals surface area (Å²) in [5.74, 6) is 0.176. The normalized spacial score (nSPS) is 14.5. The molecule has 0 radical (unpaired) electrons. The van der Waals surface area contributed by atoms with Gasteiger partial charge in [0.1, 0.15) is 18.9 Å². The minimum Gasteiger partial charge on any atom is -0.486 e. The Balaban J connectivity index is 2.35. The first-order chi connectivity index (χ1) is 9.52. The number of amides is 1. The van der Waals surface area contributed by atoms with Crippen molar-refractivity contribution >= 4 is 17.3 Å². The van der Waals surface area contributed by atoms with E-state index in [1.54, 1.807) is 6.92 Å². The fourth-order valence-electron chi connectivity index (χ4n) is 1.74. The molecule has 0 bridgehead atoms. The summed E-state index contributed by atoms with van der Waals surface area (Å²) in [5.41, 5.74) is 5.38. The van der Waals surface area contributed by atoms with E-state index in [2.05, 4.69) is 5.32 Å². The van der Waals surface area contributed by atoms with Gasteiger partial charge in [0.05, 0.1) is 17.0 Å². The van der Waals surface area contributed by atoms with Gasteiger partial charge in [0.2, 0.25) is 5.91 Å². The van der Waals surface area contributed by atoms with Crippen LogP contribution in [-0.4, -0.2) is 30.1 Å². The largest absolute Gasteiger partial charge is 0.486 e. The SMILES string of the molecule is CCC(N)C(=O)Nc1cc2c(cc1[N+](=O)[O-])OCCO2. The van der Waals surface area contributed by atoms with Crippen molar-refractivity contribution in [1.29, 1.82) is 0 Å². The third-order valence-corrected chi connectivity index (χ3v) is 2.89. The number of nitro benzene ring substituents is 1. The Morgan fingerprint density at radius 3 is 2.60 bits per heavy atom. The maximum absolute atomic E-state index is 11.8. The topological polar surface area (TPSA) is 117 Å². The number of rotatable bonds is 4. The summed E-state index contributed by atoms with van der Waals surface area (Å²) in [6, 6.07) is 1.90. The lowest BCUT2D eigenvalue weighted by Crippen LogP contribution is -2.35. The number of hydrogen-bond donors (Lipinski definition) is 2. The van der Waals surface area contributed by atoms with Gasteiger partial charge in [-0.05, 0) is 6.42 Å². The molecule has 1 atom stereocenters. The number of carbonyl (C=O) groups excluding carboxylic acids is 1. The van der Waals surface area contributed by atoms with E-state index in [1.807, 2.05) is 0 Å². The van der Waals surface area contributed by atoms with Crippen LogP contribution in [-0.2, 0) is 4.79 Å². The molecule has 1 unspecified atom stereocenters. The molecule has 1 amide bonds. The summed E-state index contributed by atoms with van der Waals surface area (Å²) in [5, 5.41) is 13.5. The third kappa shape index (κ3) is 2.80. The lowest BCUT2D eigenvalue weighted by atomic mass is 10.2. The van der Waals surface area contributed by atoms with Crippen LogP contribution in [0.15, 0.2) is 12.1 Å². The molecule has 108 valence electrons. The van der Waals surface area contributed by atoms with Gasteiger partial charge in [-0.3, -0.25) is 14.9 Å². The molecule has 1 aromatic carbocycles. The van der Waals surface area contributed by atoms with E-state index in [0.717, 1.165) is 0 Å². The van der Waals surface area contributed by atoms with Crippen LogP contribution in [0.3, 0.4) is 0 Å². The second-order valence-corrected chi connectivity index (χ2v) is 4.27. The van der Waals surface area contributed by atoms with Gasteiger partial charge in [0, 0.05) is 6.07 Å². The Labute approximate surface area is 115 Å². The molecule has 1 aliphatic heterocycles. The number of anilines is 1. The predicted octanol–water partition coefficient (Wildman–Crippen LogP) is 1.04. The average molecular weight is 281 g/mol. The van der Waals surface area contributed by atoms with Gasteiger partial charge in [-0.2, -0.15) is 0 Å². The van der Waals surface area contributed by atoms with Crippen molar-refractivity contribution < 1.29 is 19.2 Å². The third-order valence-electron chi connectivity index (χ3n) is 2.89. The molecule has 3 N–H and O–H groups in total. The molecule has 8 heteroatoms. The molecule has 0 fully saturated rings. The second kappa shape index (κ2) is 5.74. The first-order valence-corrected chi connectivity index (χ1v) is 6.17.